The van der Waals surface area contributed by atoms with Gasteiger partial charge in [0.15, 0.2) is 11.5 Å². The van der Waals surface area contributed by atoms with E-state index in [9.17, 15) is 0 Å². The fraction of sp³-hybridized carbons (Fsp3) is 0.381. The number of rotatable bonds is 11. The third kappa shape index (κ3) is 5.45. The molecule has 0 saturated heterocycles. The zero-order chi connectivity index (χ0) is 19.6. The maximum atomic E-state index is 5.96. The Morgan fingerprint density at radius 3 is 2.61 bits per heavy atom. The molecule has 28 heavy (non-hydrogen) atoms. The van der Waals surface area contributed by atoms with Crippen molar-refractivity contribution in [3.63, 3.8) is 0 Å². The zero-order valence-electron chi connectivity index (χ0n) is 16.5. The number of aromatic nitrogens is 4. The Morgan fingerprint density at radius 2 is 1.82 bits per heavy atom. The van der Waals surface area contributed by atoms with E-state index in [1.54, 1.807) is 4.68 Å². The highest BCUT2D eigenvalue weighted by Gasteiger charge is 2.09. The van der Waals surface area contributed by atoms with Crippen molar-refractivity contribution >= 4 is 5.95 Å². The molecule has 1 N–H and O–H groups in total. The summed E-state index contributed by atoms with van der Waals surface area (Å²) in [5.41, 5.74) is 2.19. The normalized spacial score (nSPS) is 10.6. The number of nitrogens with zero attached hydrogens (tertiary/aromatic N) is 4. The third-order valence-electron chi connectivity index (χ3n) is 4.25. The number of benzene rings is 2. The van der Waals surface area contributed by atoms with E-state index in [0.29, 0.717) is 25.7 Å². The van der Waals surface area contributed by atoms with Crippen LogP contribution in [0.4, 0.5) is 5.95 Å². The van der Waals surface area contributed by atoms with Gasteiger partial charge in [-0.15, -0.1) is 0 Å². The van der Waals surface area contributed by atoms with Crippen LogP contribution in [0, 0.1) is 0 Å². The van der Waals surface area contributed by atoms with Crippen molar-refractivity contribution in [2.75, 3.05) is 11.9 Å². The Bertz CT molecular complexity index is 851. The van der Waals surface area contributed by atoms with E-state index < -0.39 is 0 Å². The number of aryl methyl sites for hydroxylation is 1. The van der Waals surface area contributed by atoms with Crippen LogP contribution in [0.1, 0.15) is 37.8 Å². The lowest BCUT2D eigenvalue weighted by atomic mass is 10.2. The number of tetrazole rings is 1. The molecule has 7 heteroatoms. The lowest BCUT2D eigenvalue weighted by molar-refractivity contribution is 0.269. The van der Waals surface area contributed by atoms with Crippen molar-refractivity contribution in [3.05, 3.63) is 59.7 Å². The summed E-state index contributed by atoms with van der Waals surface area (Å²) < 4.78 is 13.5. The van der Waals surface area contributed by atoms with Crippen molar-refractivity contribution in [1.29, 1.82) is 0 Å². The molecule has 0 spiro atoms. The van der Waals surface area contributed by atoms with Gasteiger partial charge in [-0.05, 0) is 47.0 Å². The van der Waals surface area contributed by atoms with Gasteiger partial charge in [-0.2, -0.15) is 0 Å². The molecule has 1 heterocycles. The zero-order valence-corrected chi connectivity index (χ0v) is 16.5. The molecule has 7 nitrogen and oxygen atoms in total. The number of ether oxygens (including phenoxy) is 2. The highest BCUT2D eigenvalue weighted by atomic mass is 16.5. The first-order chi connectivity index (χ1) is 13.8. The first kappa shape index (κ1) is 19.7. The second kappa shape index (κ2) is 10.3. The average molecular weight is 381 g/mol. The topological polar surface area (TPSA) is 74.1 Å². The molecular weight excluding hydrogens is 354 g/mol. The van der Waals surface area contributed by atoms with E-state index in [1.165, 1.54) is 0 Å². The average Bonchev–Trinajstić information content (AvgIpc) is 3.18. The molecule has 3 rings (SSSR count). The third-order valence-corrected chi connectivity index (χ3v) is 4.25. The van der Waals surface area contributed by atoms with Gasteiger partial charge in [-0.3, -0.25) is 0 Å². The summed E-state index contributed by atoms with van der Waals surface area (Å²) in [6.45, 7) is 6.61. The highest BCUT2D eigenvalue weighted by molar-refractivity contribution is 5.44. The SMILES string of the molecule is CCCCn1nnnc1NCc1ccc(OCc2ccccc2)c(OCC)c1. The molecule has 0 aliphatic rings. The summed E-state index contributed by atoms with van der Waals surface area (Å²) in [5.74, 6) is 2.15. The number of hydrogen-bond acceptors (Lipinski definition) is 6. The maximum Gasteiger partial charge on any atom is 0.243 e. The Morgan fingerprint density at radius 1 is 0.964 bits per heavy atom. The molecule has 0 radical (unpaired) electrons. The Hall–Kier alpha value is -3.09. The summed E-state index contributed by atoms with van der Waals surface area (Å²) in [7, 11) is 0. The van der Waals surface area contributed by atoms with Crippen LogP contribution in [0.2, 0.25) is 0 Å². The van der Waals surface area contributed by atoms with Gasteiger partial charge in [0, 0.05) is 13.1 Å². The Kier molecular flexibility index (Phi) is 7.23. The maximum absolute atomic E-state index is 5.96. The molecule has 0 aliphatic carbocycles. The molecule has 0 fully saturated rings. The van der Waals surface area contributed by atoms with Crippen LogP contribution in [0.5, 0.6) is 11.5 Å². The molecule has 0 amide bonds. The summed E-state index contributed by atoms with van der Waals surface area (Å²) in [6, 6.07) is 16.1. The summed E-state index contributed by atoms with van der Waals surface area (Å²) >= 11 is 0. The van der Waals surface area contributed by atoms with Crippen LogP contribution in [-0.2, 0) is 19.7 Å². The van der Waals surface area contributed by atoms with E-state index >= 15 is 0 Å². The molecule has 2 aromatic carbocycles. The van der Waals surface area contributed by atoms with Gasteiger partial charge >= 0.3 is 0 Å². The van der Waals surface area contributed by atoms with Crippen molar-refractivity contribution in [2.45, 2.75) is 46.4 Å². The van der Waals surface area contributed by atoms with E-state index in [-0.39, 0.29) is 0 Å². The summed E-state index contributed by atoms with van der Waals surface area (Å²) in [6.07, 6.45) is 2.14. The van der Waals surface area contributed by atoms with E-state index in [0.717, 1.165) is 42.0 Å². The van der Waals surface area contributed by atoms with E-state index in [2.05, 4.69) is 27.8 Å². The smallest absolute Gasteiger partial charge is 0.243 e. The second-order valence-corrected chi connectivity index (χ2v) is 6.42. The predicted molar refractivity (Wildman–Crippen MR) is 108 cm³/mol. The molecule has 0 aliphatic heterocycles. The Labute approximate surface area is 165 Å². The molecule has 1 aromatic heterocycles. The summed E-state index contributed by atoms with van der Waals surface area (Å²) in [5, 5.41) is 15.1. The highest BCUT2D eigenvalue weighted by Crippen LogP contribution is 2.29. The lowest BCUT2D eigenvalue weighted by Crippen LogP contribution is -2.09. The number of nitrogens with one attached hydrogen (secondary N) is 1. The molecule has 3 aromatic rings. The minimum absolute atomic E-state index is 0.505. The lowest BCUT2D eigenvalue weighted by Gasteiger charge is -2.14. The number of hydrogen-bond donors (Lipinski definition) is 1. The van der Waals surface area contributed by atoms with Crippen molar-refractivity contribution in [1.82, 2.24) is 20.2 Å². The molecule has 0 unspecified atom stereocenters. The monoisotopic (exact) mass is 381 g/mol. The largest absolute Gasteiger partial charge is 0.490 e. The minimum Gasteiger partial charge on any atom is -0.490 e. The molecular formula is C21H27N5O2. The van der Waals surface area contributed by atoms with Gasteiger partial charge in [0.25, 0.3) is 0 Å². The standard InChI is InChI=1S/C21H27N5O2/c1-3-5-13-26-21(23-24-25-26)22-15-18-11-12-19(20(14-18)27-4-2)28-16-17-9-7-6-8-10-17/h6-12,14H,3-5,13,15-16H2,1-2H3,(H,22,23,25). The minimum atomic E-state index is 0.505. The first-order valence-corrected chi connectivity index (χ1v) is 9.72. The van der Waals surface area contributed by atoms with Crippen LogP contribution >= 0.6 is 0 Å². The van der Waals surface area contributed by atoms with E-state index in [1.807, 2.05) is 55.5 Å². The number of anilines is 1. The van der Waals surface area contributed by atoms with E-state index in [4.69, 9.17) is 9.47 Å². The fourth-order valence-electron chi connectivity index (χ4n) is 2.76. The fourth-order valence-corrected chi connectivity index (χ4v) is 2.76. The van der Waals surface area contributed by atoms with Crippen LogP contribution in [0.3, 0.4) is 0 Å². The van der Waals surface area contributed by atoms with Crippen LogP contribution in [0.25, 0.3) is 0 Å². The van der Waals surface area contributed by atoms with Gasteiger partial charge in [-0.25, -0.2) is 4.68 Å². The first-order valence-electron chi connectivity index (χ1n) is 9.72. The van der Waals surface area contributed by atoms with Crippen LogP contribution < -0.4 is 14.8 Å². The van der Waals surface area contributed by atoms with Gasteiger partial charge in [0.05, 0.1) is 6.61 Å². The second-order valence-electron chi connectivity index (χ2n) is 6.42. The van der Waals surface area contributed by atoms with Gasteiger partial charge in [-0.1, -0.05) is 54.8 Å². The number of unbranched alkanes of at least 4 members (excludes halogenated alkanes) is 1. The predicted octanol–water partition coefficient (Wildman–Crippen LogP) is 4.06. The van der Waals surface area contributed by atoms with Gasteiger partial charge in [0.2, 0.25) is 5.95 Å². The Balaban J connectivity index is 1.64. The van der Waals surface area contributed by atoms with Crippen LogP contribution in [-0.4, -0.2) is 26.8 Å². The molecule has 148 valence electrons. The molecule has 0 bridgehead atoms. The van der Waals surface area contributed by atoms with Gasteiger partial charge in [0.1, 0.15) is 6.61 Å². The molecule has 0 saturated carbocycles. The molecule has 0 atom stereocenters. The van der Waals surface area contributed by atoms with Gasteiger partial charge < -0.3 is 14.8 Å². The van der Waals surface area contributed by atoms with Crippen molar-refractivity contribution in [2.24, 2.45) is 0 Å². The van der Waals surface area contributed by atoms with Crippen molar-refractivity contribution in [3.8, 4) is 11.5 Å². The van der Waals surface area contributed by atoms with Crippen LogP contribution in [0.15, 0.2) is 48.5 Å². The summed E-state index contributed by atoms with van der Waals surface area (Å²) in [4.78, 5) is 0. The quantitative estimate of drug-likeness (QED) is 0.540. The van der Waals surface area contributed by atoms with Crippen molar-refractivity contribution < 1.29 is 9.47 Å².